The third-order valence-corrected chi connectivity index (χ3v) is 3.60. The van der Waals surface area contributed by atoms with Gasteiger partial charge < -0.3 is 14.8 Å². The van der Waals surface area contributed by atoms with Crippen LogP contribution in [0.5, 0.6) is 5.75 Å². The molecule has 0 amide bonds. The third kappa shape index (κ3) is 2.58. The van der Waals surface area contributed by atoms with Crippen molar-refractivity contribution in [2.45, 2.75) is 13.0 Å². The summed E-state index contributed by atoms with van der Waals surface area (Å²) >= 11 is 0. The molecule has 1 heterocycles. The molecule has 22 heavy (non-hydrogen) atoms. The number of benzene rings is 2. The standard InChI is InChI=1S/C17H16N2O3/c1-10(20)12-5-8-14-15(9-12)19-17(18-14)16(21)11-3-6-13(22-2)7-4-11/h3-9,16,21H,1-2H3,(H,18,19). The number of ketones is 1. The molecule has 5 nitrogen and oxygen atoms in total. The minimum absolute atomic E-state index is 0.0119. The number of aliphatic hydroxyl groups excluding tert-OH is 1. The van der Waals surface area contributed by atoms with E-state index in [4.69, 9.17) is 4.74 Å². The van der Waals surface area contributed by atoms with Gasteiger partial charge >= 0.3 is 0 Å². The number of imidazole rings is 1. The summed E-state index contributed by atoms with van der Waals surface area (Å²) in [4.78, 5) is 18.9. The van der Waals surface area contributed by atoms with Gasteiger partial charge in [0.1, 0.15) is 17.7 Å². The quantitative estimate of drug-likeness (QED) is 0.726. The highest BCUT2D eigenvalue weighted by Gasteiger charge is 2.15. The van der Waals surface area contributed by atoms with Crippen molar-refractivity contribution < 1.29 is 14.6 Å². The predicted molar refractivity (Wildman–Crippen MR) is 83.2 cm³/mol. The van der Waals surface area contributed by atoms with Crippen LogP contribution in [0.25, 0.3) is 11.0 Å². The van der Waals surface area contributed by atoms with E-state index < -0.39 is 6.10 Å². The Kier molecular flexibility index (Phi) is 3.65. The number of Topliss-reactive ketones (excluding diaryl/α,β-unsaturated/α-hetero) is 1. The molecule has 0 fully saturated rings. The number of fused-ring (bicyclic) bond motifs is 1. The first-order chi connectivity index (χ1) is 10.6. The fraction of sp³-hybridized carbons (Fsp3) is 0.176. The Morgan fingerprint density at radius 3 is 2.59 bits per heavy atom. The van der Waals surface area contributed by atoms with Gasteiger partial charge in [-0.1, -0.05) is 12.1 Å². The molecule has 112 valence electrons. The maximum Gasteiger partial charge on any atom is 0.159 e. The number of hydrogen-bond acceptors (Lipinski definition) is 4. The molecule has 3 aromatic rings. The summed E-state index contributed by atoms with van der Waals surface area (Å²) in [5.74, 6) is 1.16. The lowest BCUT2D eigenvalue weighted by molar-refractivity contribution is 0.101. The summed E-state index contributed by atoms with van der Waals surface area (Å²) < 4.78 is 5.10. The van der Waals surface area contributed by atoms with Crippen molar-refractivity contribution in [2.24, 2.45) is 0 Å². The van der Waals surface area contributed by atoms with E-state index in [1.165, 1.54) is 6.92 Å². The predicted octanol–water partition coefficient (Wildman–Crippen LogP) is 2.86. The minimum Gasteiger partial charge on any atom is -0.497 e. The van der Waals surface area contributed by atoms with Crippen LogP contribution in [-0.4, -0.2) is 28.0 Å². The molecule has 5 heteroatoms. The van der Waals surface area contributed by atoms with Gasteiger partial charge in [0.15, 0.2) is 5.78 Å². The van der Waals surface area contributed by atoms with Gasteiger partial charge in [-0.05, 0) is 42.8 Å². The van der Waals surface area contributed by atoms with E-state index >= 15 is 0 Å². The summed E-state index contributed by atoms with van der Waals surface area (Å²) in [5.41, 5.74) is 2.76. The topological polar surface area (TPSA) is 75.2 Å². The molecule has 1 aromatic heterocycles. The van der Waals surface area contributed by atoms with Gasteiger partial charge in [0.2, 0.25) is 0 Å². The number of carbonyl (C=O) groups excluding carboxylic acids is 1. The zero-order chi connectivity index (χ0) is 15.7. The average molecular weight is 296 g/mol. The van der Waals surface area contributed by atoms with Crippen molar-refractivity contribution in [1.29, 1.82) is 0 Å². The molecule has 0 aliphatic carbocycles. The highest BCUT2D eigenvalue weighted by Crippen LogP contribution is 2.24. The van der Waals surface area contributed by atoms with E-state index in [0.29, 0.717) is 22.5 Å². The number of nitrogens with zero attached hydrogens (tertiary/aromatic N) is 1. The Hall–Kier alpha value is -2.66. The number of ether oxygens (including phenoxy) is 1. The number of hydrogen-bond donors (Lipinski definition) is 2. The van der Waals surface area contributed by atoms with Gasteiger partial charge in [0.05, 0.1) is 18.1 Å². The molecule has 0 spiro atoms. The Labute approximate surface area is 127 Å². The van der Waals surface area contributed by atoms with Crippen molar-refractivity contribution in [3.8, 4) is 5.75 Å². The van der Waals surface area contributed by atoms with Crippen molar-refractivity contribution in [3.63, 3.8) is 0 Å². The molecule has 3 rings (SSSR count). The first-order valence-electron chi connectivity index (χ1n) is 6.91. The Morgan fingerprint density at radius 1 is 1.23 bits per heavy atom. The van der Waals surface area contributed by atoms with Crippen LogP contribution in [0.1, 0.15) is 34.8 Å². The fourth-order valence-electron chi connectivity index (χ4n) is 2.32. The van der Waals surface area contributed by atoms with E-state index in [-0.39, 0.29) is 5.78 Å². The maximum atomic E-state index is 11.4. The Morgan fingerprint density at radius 2 is 1.95 bits per heavy atom. The zero-order valence-electron chi connectivity index (χ0n) is 12.3. The van der Waals surface area contributed by atoms with Gasteiger partial charge in [-0.25, -0.2) is 4.98 Å². The maximum absolute atomic E-state index is 11.4. The van der Waals surface area contributed by atoms with Crippen LogP contribution in [0.3, 0.4) is 0 Å². The number of aromatic amines is 1. The molecule has 0 saturated heterocycles. The molecule has 0 saturated carbocycles. The van der Waals surface area contributed by atoms with Gasteiger partial charge in [0.25, 0.3) is 0 Å². The molecule has 0 radical (unpaired) electrons. The molecule has 1 atom stereocenters. The molecule has 2 aromatic carbocycles. The van der Waals surface area contributed by atoms with Crippen LogP contribution < -0.4 is 4.74 Å². The Bertz CT molecular complexity index is 822. The lowest BCUT2D eigenvalue weighted by Gasteiger charge is -2.08. The van der Waals surface area contributed by atoms with Crippen LogP contribution in [0.2, 0.25) is 0 Å². The third-order valence-electron chi connectivity index (χ3n) is 3.60. The average Bonchev–Trinajstić information content (AvgIpc) is 2.97. The number of aliphatic hydroxyl groups is 1. The Balaban J connectivity index is 1.96. The van der Waals surface area contributed by atoms with Gasteiger partial charge in [-0.2, -0.15) is 0 Å². The van der Waals surface area contributed by atoms with Crippen LogP contribution in [0, 0.1) is 0 Å². The number of H-pyrrole nitrogens is 1. The van der Waals surface area contributed by atoms with Crippen LogP contribution in [0.15, 0.2) is 42.5 Å². The lowest BCUT2D eigenvalue weighted by Crippen LogP contribution is -2.01. The van der Waals surface area contributed by atoms with E-state index in [1.54, 1.807) is 49.6 Å². The SMILES string of the molecule is COc1ccc(C(O)c2nc3cc(C(C)=O)ccc3[nH]2)cc1. The number of methoxy groups -OCH3 is 1. The van der Waals surface area contributed by atoms with E-state index in [0.717, 1.165) is 11.3 Å². The molecule has 1 unspecified atom stereocenters. The van der Waals surface area contributed by atoms with Gasteiger partial charge in [-0.15, -0.1) is 0 Å². The molecule has 0 aliphatic heterocycles. The normalized spacial score (nSPS) is 12.3. The first kappa shape index (κ1) is 14.3. The van der Waals surface area contributed by atoms with Gasteiger partial charge in [-0.3, -0.25) is 4.79 Å². The van der Waals surface area contributed by atoms with Crippen molar-refractivity contribution in [1.82, 2.24) is 9.97 Å². The molecule has 0 bridgehead atoms. The second-order valence-corrected chi connectivity index (χ2v) is 5.09. The largest absolute Gasteiger partial charge is 0.497 e. The number of rotatable bonds is 4. The van der Waals surface area contributed by atoms with Crippen molar-refractivity contribution in [2.75, 3.05) is 7.11 Å². The van der Waals surface area contributed by atoms with Crippen LogP contribution in [0.4, 0.5) is 0 Å². The highest BCUT2D eigenvalue weighted by atomic mass is 16.5. The highest BCUT2D eigenvalue weighted by molar-refractivity contribution is 5.97. The van der Waals surface area contributed by atoms with Crippen LogP contribution >= 0.6 is 0 Å². The summed E-state index contributed by atoms with van der Waals surface area (Å²) in [5, 5.41) is 10.4. The van der Waals surface area contributed by atoms with Crippen molar-refractivity contribution >= 4 is 16.8 Å². The first-order valence-corrected chi connectivity index (χ1v) is 6.91. The molecule has 2 N–H and O–H groups in total. The van der Waals surface area contributed by atoms with Gasteiger partial charge in [0, 0.05) is 5.56 Å². The number of nitrogens with one attached hydrogen (secondary N) is 1. The van der Waals surface area contributed by atoms with Crippen molar-refractivity contribution in [3.05, 3.63) is 59.4 Å². The van der Waals surface area contributed by atoms with Crippen LogP contribution in [-0.2, 0) is 0 Å². The second-order valence-electron chi connectivity index (χ2n) is 5.09. The summed E-state index contributed by atoms with van der Waals surface area (Å²) in [6, 6.07) is 12.4. The summed E-state index contributed by atoms with van der Waals surface area (Å²) in [6.07, 6.45) is -0.862. The second kappa shape index (κ2) is 5.61. The smallest absolute Gasteiger partial charge is 0.159 e. The molecular formula is C17H16N2O3. The zero-order valence-corrected chi connectivity index (χ0v) is 12.3. The molecular weight excluding hydrogens is 280 g/mol. The fourth-order valence-corrected chi connectivity index (χ4v) is 2.32. The number of carbonyl (C=O) groups is 1. The lowest BCUT2D eigenvalue weighted by atomic mass is 10.1. The summed E-state index contributed by atoms with van der Waals surface area (Å²) in [7, 11) is 1.59. The van der Waals surface area contributed by atoms with E-state index in [9.17, 15) is 9.90 Å². The van der Waals surface area contributed by atoms with E-state index in [2.05, 4.69) is 9.97 Å². The monoisotopic (exact) mass is 296 g/mol. The minimum atomic E-state index is -0.862. The summed E-state index contributed by atoms with van der Waals surface area (Å²) in [6.45, 7) is 1.51. The molecule has 0 aliphatic rings. The van der Waals surface area contributed by atoms with E-state index in [1.807, 2.05) is 0 Å². The number of aromatic nitrogens is 2.